The normalized spacial score (nSPS) is 15.6. The van der Waals surface area contributed by atoms with Crippen molar-refractivity contribution in [3.8, 4) is 0 Å². The van der Waals surface area contributed by atoms with Crippen molar-refractivity contribution in [2.24, 2.45) is 5.92 Å². The summed E-state index contributed by atoms with van der Waals surface area (Å²) in [5.74, 6) is 0.586. The number of hydrogen-bond acceptors (Lipinski definition) is 4. The lowest BCUT2D eigenvalue weighted by molar-refractivity contribution is 0.0302. The molecule has 1 aromatic rings. The van der Waals surface area contributed by atoms with Crippen LogP contribution in [0.1, 0.15) is 24.2 Å². The fraction of sp³-hybridized carbons (Fsp3) is 0.571. The Morgan fingerprint density at radius 1 is 1.42 bits per heavy atom. The van der Waals surface area contributed by atoms with Gasteiger partial charge in [0.15, 0.2) is 0 Å². The second-order valence-corrected chi connectivity index (χ2v) is 5.14. The van der Waals surface area contributed by atoms with Crippen LogP contribution in [0.5, 0.6) is 0 Å². The molecule has 5 nitrogen and oxygen atoms in total. The summed E-state index contributed by atoms with van der Waals surface area (Å²) >= 11 is 0. The Labute approximate surface area is 114 Å². The Balaban J connectivity index is 2.02. The number of morpholine rings is 1. The van der Waals surface area contributed by atoms with Gasteiger partial charge >= 0.3 is 0 Å². The van der Waals surface area contributed by atoms with Crippen molar-refractivity contribution in [3.05, 3.63) is 24.0 Å². The summed E-state index contributed by atoms with van der Waals surface area (Å²) in [7, 11) is 0. The predicted octanol–water partition coefficient (Wildman–Crippen LogP) is 1.62. The number of aromatic nitrogens is 1. The summed E-state index contributed by atoms with van der Waals surface area (Å²) in [6.07, 6.45) is 3.37. The maximum atomic E-state index is 12.3. The highest BCUT2D eigenvalue weighted by atomic mass is 16.5. The molecule has 19 heavy (non-hydrogen) atoms. The molecule has 1 aromatic heterocycles. The van der Waals surface area contributed by atoms with Crippen LogP contribution in [0.25, 0.3) is 0 Å². The predicted molar refractivity (Wildman–Crippen MR) is 74.3 cm³/mol. The molecule has 0 aromatic carbocycles. The molecule has 2 heterocycles. The van der Waals surface area contributed by atoms with Crippen molar-refractivity contribution < 1.29 is 9.53 Å². The van der Waals surface area contributed by atoms with E-state index in [1.165, 1.54) is 0 Å². The molecule has 1 aliphatic rings. The fourth-order valence-corrected chi connectivity index (χ4v) is 1.92. The van der Waals surface area contributed by atoms with Gasteiger partial charge in [-0.15, -0.1) is 0 Å². The number of nitrogens with zero attached hydrogens (tertiary/aromatic N) is 2. The highest BCUT2D eigenvalue weighted by molar-refractivity contribution is 5.94. The van der Waals surface area contributed by atoms with Crippen LogP contribution in [-0.2, 0) is 4.74 Å². The molecule has 1 fully saturated rings. The van der Waals surface area contributed by atoms with Crippen LogP contribution in [0, 0.1) is 5.92 Å². The third-order valence-corrected chi connectivity index (χ3v) is 3.00. The minimum Gasteiger partial charge on any atom is -0.384 e. The first kappa shape index (κ1) is 13.8. The number of rotatable bonds is 4. The monoisotopic (exact) mass is 263 g/mol. The number of anilines is 1. The zero-order valence-electron chi connectivity index (χ0n) is 11.6. The summed E-state index contributed by atoms with van der Waals surface area (Å²) in [5.41, 5.74) is 1.53. The van der Waals surface area contributed by atoms with Gasteiger partial charge in [-0.3, -0.25) is 9.78 Å². The summed E-state index contributed by atoms with van der Waals surface area (Å²) in [6.45, 7) is 7.70. The van der Waals surface area contributed by atoms with Gasteiger partial charge in [-0.25, -0.2) is 0 Å². The van der Waals surface area contributed by atoms with Gasteiger partial charge in [-0.2, -0.15) is 0 Å². The van der Waals surface area contributed by atoms with E-state index in [0.717, 1.165) is 12.2 Å². The first-order chi connectivity index (χ1) is 9.16. The number of ether oxygens (including phenoxy) is 1. The zero-order valence-corrected chi connectivity index (χ0v) is 11.6. The van der Waals surface area contributed by atoms with Crippen molar-refractivity contribution in [2.45, 2.75) is 13.8 Å². The number of nitrogens with one attached hydrogen (secondary N) is 1. The molecular formula is C14H21N3O2. The number of pyridine rings is 1. The zero-order chi connectivity index (χ0) is 13.7. The summed E-state index contributed by atoms with van der Waals surface area (Å²) in [4.78, 5) is 18.2. The second kappa shape index (κ2) is 6.52. The Morgan fingerprint density at radius 2 is 2.16 bits per heavy atom. The number of hydrogen-bond donors (Lipinski definition) is 1. The second-order valence-electron chi connectivity index (χ2n) is 5.14. The first-order valence-corrected chi connectivity index (χ1v) is 6.73. The molecule has 1 aliphatic heterocycles. The SMILES string of the molecule is CC(C)CNc1cncc(C(=O)N2CCOCC2)c1. The molecule has 5 heteroatoms. The topological polar surface area (TPSA) is 54.5 Å². The largest absolute Gasteiger partial charge is 0.384 e. The number of carbonyl (C=O) groups is 1. The molecule has 0 radical (unpaired) electrons. The number of amides is 1. The lowest BCUT2D eigenvalue weighted by Gasteiger charge is -2.26. The van der Waals surface area contributed by atoms with Gasteiger partial charge in [0, 0.05) is 32.0 Å². The van der Waals surface area contributed by atoms with Gasteiger partial charge in [0.25, 0.3) is 5.91 Å². The third kappa shape index (κ3) is 3.92. The number of carbonyl (C=O) groups excluding carboxylic acids is 1. The van der Waals surface area contributed by atoms with Crippen LogP contribution in [0.2, 0.25) is 0 Å². The molecule has 1 amide bonds. The smallest absolute Gasteiger partial charge is 0.255 e. The van der Waals surface area contributed by atoms with E-state index in [1.54, 1.807) is 12.4 Å². The Kier molecular flexibility index (Phi) is 4.74. The maximum absolute atomic E-state index is 12.3. The van der Waals surface area contributed by atoms with Crippen LogP contribution in [0.4, 0.5) is 5.69 Å². The van der Waals surface area contributed by atoms with Gasteiger partial charge in [-0.1, -0.05) is 13.8 Å². The van der Waals surface area contributed by atoms with Crippen LogP contribution >= 0.6 is 0 Å². The van der Waals surface area contributed by atoms with E-state index in [9.17, 15) is 4.79 Å². The standard InChI is InChI=1S/C14H21N3O2/c1-11(2)8-16-13-7-12(9-15-10-13)14(18)17-3-5-19-6-4-17/h7,9-11,16H,3-6,8H2,1-2H3. The van der Waals surface area contributed by atoms with Crippen molar-refractivity contribution in [3.63, 3.8) is 0 Å². The first-order valence-electron chi connectivity index (χ1n) is 6.73. The Morgan fingerprint density at radius 3 is 2.84 bits per heavy atom. The van der Waals surface area contributed by atoms with Gasteiger partial charge < -0.3 is 15.0 Å². The van der Waals surface area contributed by atoms with E-state index >= 15 is 0 Å². The van der Waals surface area contributed by atoms with Crippen molar-refractivity contribution in [1.82, 2.24) is 9.88 Å². The average molecular weight is 263 g/mol. The quantitative estimate of drug-likeness (QED) is 0.897. The van der Waals surface area contributed by atoms with Gasteiger partial charge in [0.2, 0.25) is 0 Å². The van der Waals surface area contributed by atoms with Crippen molar-refractivity contribution in [1.29, 1.82) is 0 Å². The fourth-order valence-electron chi connectivity index (χ4n) is 1.92. The molecule has 2 rings (SSSR count). The van der Waals surface area contributed by atoms with Crippen molar-refractivity contribution >= 4 is 11.6 Å². The summed E-state index contributed by atoms with van der Waals surface area (Å²) in [5, 5.41) is 3.28. The van der Waals surface area contributed by atoms with Crippen LogP contribution in [0.3, 0.4) is 0 Å². The van der Waals surface area contributed by atoms with Gasteiger partial charge in [0.1, 0.15) is 0 Å². The molecule has 1 saturated heterocycles. The molecule has 0 bridgehead atoms. The molecule has 0 aliphatic carbocycles. The molecule has 0 atom stereocenters. The van der Waals surface area contributed by atoms with E-state index in [0.29, 0.717) is 37.8 Å². The summed E-state index contributed by atoms with van der Waals surface area (Å²) in [6, 6.07) is 1.87. The van der Waals surface area contributed by atoms with E-state index in [-0.39, 0.29) is 5.91 Å². The Bertz CT molecular complexity index is 428. The van der Waals surface area contributed by atoms with Gasteiger partial charge in [-0.05, 0) is 12.0 Å². The lowest BCUT2D eigenvalue weighted by atomic mass is 10.2. The van der Waals surface area contributed by atoms with Crippen molar-refractivity contribution in [2.75, 3.05) is 38.2 Å². The minimum absolute atomic E-state index is 0.0315. The third-order valence-electron chi connectivity index (χ3n) is 3.00. The highest BCUT2D eigenvalue weighted by Crippen LogP contribution is 2.12. The van der Waals surface area contributed by atoms with E-state index < -0.39 is 0 Å². The van der Waals surface area contributed by atoms with Crippen LogP contribution in [-0.4, -0.2) is 48.6 Å². The Hall–Kier alpha value is -1.62. The molecular weight excluding hydrogens is 242 g/mol. The minimum atomic E-state index is 0.0315. The molecule has 0 spiro atoms. The van der Waals surface area contributed by atoms with Crippen LogP contribution in [0.15, 0.2) is 18.5 Å². The van der Waals surface area contributed by atoms with E-state index in [1.807, 2.05) is 11.0 Å². The van der Waals surface area contributed by atoms with E-state index in [2.05, 4.69) is 24.1 Å². The summed E-state index contributed by atoms with van der Waals surface area (Å²) < 4.78 is 5.25. The lowest BCUT2D eigenvalue weighted by Crippen LogP contribution is -2.40. The molecule has 1 N–H and O–H groups in total. The van der Waals surface area contributed by atoms with Crippen LogP contribution < -0.4 is 5.32 Å². The molecule has 0 unspecified atom stereocenters. The molecule has 0 saturated carbocycles. The highest BCUT2D eigenvalue weighted by Gasteiger charge is 2.18. The molecule has 104 valence electrons. The average Bonchev–Trinajstić information content (AvgIpc) is 2.45. The van der Waals surface area contributed by atoms with Gasteiger partial charge in [0.05, 0.1) is 24.5 Å². The maximum Gasteiger partial charge on any atom is 0.255 e. The van der Waals surface area contributed by atoms with E-state index in [4.69, 9.17) is 4.74 Å².